The Labute approximate surface area is 116 Å². The molecule has 0 aliphatic carbocycles. The fourth-order valence-corrected chi connectivity index (χ4v) is 2.80. The first-order valence-corrected chi connectivity index (χ1v) is 6.48. The summed E-state index contributed by atoms with van der Waals surface area (Å²) in [6, 6.07) is 4.74. The van der Waals surface area contributed by atoms with Gasteiger partial charge >= 0.3 is 0 Å². The maximum absolute atomic E-state index is 12.3. The van der Waals surface area contributed by atoms with E-state index in [1.54, 1.807) is 11.0 Å². The van der Waals surface area contributed by atoms with Crippen molar-refractivity contribution in [2.45, 2.75) is 32.4 Å². The number of benzene rings is 1. The summed E-state index contributed by atoms with van der Waals surface area (Å²) in [7, 11) is 0. The third-order valence-corrected chi connectivity index (χ3v) is 3.81. The zero-order chi connectivity index (χ0) is 13.4. The van der Waals surface area contributed by atoms with Crippen LogP contribution in [-0.4, -0.2) is 16.8 Å². The van der Waals surface area contributed by atoms with Crippen molar-refractivity contribution in [2.24, 2.45) is 0 Å². The van der Waals surface area contributed by atoms with Gasteiger partial charge in [-0.05, 0) is 25.5 Å². The highest BCUT2D eigenvalue weighted by molar-refractivity contribution is 6.37. The average Bonchev–Trinajstić information content (AvgIpc) is 2.60. The molecule has 18 heavy (non-hydrogen) atoms. The van der Waals surface area contributed by atoms with E-state index in [4.69, 9.17) is 23.2 Å². The van der Waals surface area contributed by atoms with Crippen LogP contribution in [0, 0.1) is 11.3 Å². The first-order valence-electron chi connectivity index (χ1n) is 5.72. The van der Waals surface area contributed by atoms with Gasteiger partial charge in [0.05, 0.1) is 16.7 Å². The summed E-state index contributed by atoms with van der Waals surface area (Å²) in [4.78, 5) is 13.9. The SMILES string of the molecule is CCC(C)N1C(=O)c2c(Cl)cc(Cl)cc2C1C#N. The highest BCUT2D eigenvalue weighted by Crippen LogP contribution is 2.40. The van der Waals surface area contributed by atoms with Crippen LogP contribution in [0.15, 0.2) is 12.1 Å². The topological polar surface area (TPSA) is 44.1 Å². The van der Waals surface area contributed by atoms with Crippen molar-refractivity contribution in [3.63, 3.8) is 0 Å². The Bertz CT molecular complexity index is 551. The lowest BCUT2D eigenvalue weighted by molar-refractivity contribution is 0.0685. The lowest BCUT2D eigenvalue weighted by atomic mass is 10.1. The number of amides is 1. The van der Waals surface area contributed by atoms with Crippen LogP contribution >= 0.6 is 23.2 Å². The molecule has 0 fully saturated rings. The second-order valence-corrected chi connectivity index (χ2v) is 5.20. The molecule has 94 valence electrons. The number of carbonyl (C=O) groups excluding carboxylic acids is 1. The number of fused-ring (bicyclic) bond motifs is 1. The maximum atomic E-state index is 12.3. The molecule has 1 amide bonds. The summed E-state index contributed by atoms with van der Waals surface area (Å²) in [5, 5.41) is 10.1. The van der Waals surface area contributed by atoms with Crippen LogP contribution in [-0.2, 0) is 0 Å². The van der Waals surface area contributed by atoms with Crippen LogP contribution in [0.1, 0.15) is 42.2 Å². The highest BCUT2D eigenvalue weighted by Gasteiger charge is 2.40. The van der Waals surface area contributed by atoms with Gasteiger partial charge in [-0.1, -0.05) is 30.1 Å². The Morgan fingerprint density at radius 3 is 2.72 bits per heavy atom. The van der Waals surface area contributed by atoms with Gasteiger partial charge in [0.25, 0.3) is 5.91 Å². The van der Waals surface area contributed by atoms with E-state index in [9.17, 15) is 10.1 Å². The Balaban J connectivity index is 2.60. The maximum Gasteiger partial charge on any atom is 0.257 e. The zero-order valence-corrected chi connectivity index (χ0v) is 11.6. The third-order valence-electron chi connectivity index (χ3n) is 3.29. The van der Waals surface area contributed by atoms with Gasteiger partial charge in [-0.25, -0.2) is 0 Å². The van der Waals surface area contributed by atoms with E-state index in [-0.39, 0.29) is 11.9 Å². The summed E-state index contributed by atoms with van der Waals surface area (Å²) < 4.78 is 0. The van der Waals surface area contributed by atoms with E-state index in [0.717, 1.165) is 6.42 Å². The third kappa shape index (κ3) is 1.86. The van der Waals surface area contributed by atoms with Crippen LogP contribution in [0.3, 0.4) is 0 Å². The fraction of sp³-hybridized carbons (Fsp3) is 0.385. The van der Waals surface area contributed by atoms with Gasteiger partial charge in [-0.3, -0.25) is 4.79 Å². The standard InChI is InChI=1S/C13H12Cl2N2O/c1-3-7(2)17-11(6-16)9-4-8(14)5-10(15)12(9)13(17)18/h4-5,7,11H,3H2,1-2H3. The molecule has 0 aromatic heterocycles. The van der Waals surface area contributed by atoms with Crippen LogP contribution < -0.4 is 0 Å². The fourth-order valence-electron chi connectivity index (χ4n) is 2.21. The molecular formula is C13H12Cl2N2O. The minimum atomic E-state index is -0.598. The molecule has 0 radical (unpaired) electrons. The Kier molecular flexibility index (Phi) is 3.52. The summed E-state index contributed by atoms with van der Waals surface area (Å²) in [5.74, 6) is -0.187. The molecule has 1 aromatic carbocycles. The molecule has 0 saturated heterocycles. The Morgan fingerprint density at radius 1 is 1.50 bits per heavy atom. The van der Waals surface area contributed by atoms with E-state index in [1.165, 1.54) is 6.07 Å². The zero-order valence-electron chi connectivity index (χ0n) is 10.1. The van der Waals surface area contributed by atoms with Gasteiger partial charge in [0.2, 0.25) is 0 Å². The summed E-state index contributed by atoms with van der Waals surface area (Å²) >= 11 is 12.0. The molecule has 3 nitrogen and oxygen atoms in total. The van der Waals surface area contributed by atoms with Crippen molar-refractivity contribution in [3.8, 4) is 6.07 Å². The van der Waals surface area contributed by atoms with E-state index in [2.05, 4.69) is 6.07 Å². The minimum Gasteiger partial charge on any atom is -0.316 e. The predicted molar refractivity (Wildman–Crippen MR) is 70.7 cm³/mol. The van der Waals surface area contributed by atoms with Crippen LogP contribution in [0.25, 0.3) is 0 Å². The molecular weight excluding hydrogens is 271 g/mol. The normalized spacial score (nSPS) is 19.6. The van der Waals surface area contributed by atoms with Gasteiger partial charge in [0, 0.05) is 16.6 Å². The van der Waals surface area contributed by atoms with E-state index in [0.29, 0.717) is 21.2 Å². The van der Waals surface area contributed by atoms with Gasteiger partial charge in [-0.2, -0.15) is 5.26 Å². The average molecular weight is 283 g/mol. The number of nitrogens with zero attached hydrogens (tertiary/aromatic N) is 2. The highest BCUT2D eigenvalue weighted by atomic mass is 35.5. The molecule has 0 saturated carbocycles. The smallest absolute Gasteiger partial charge is 0.257 e. The van der Waals surface area contributed by atoms with E-state index >= 15 is 0 Å². The lowest BCUT2D eigenvalue weighted by Crippen LogP contribution is -2.35. The van der Waals surface area contributed by atoms with Crippen molar-refractivity contribution in [2.75, 3.05) is 0 Å². The van der Waals surface area contributed by atoms with Crippen molar-refractivity contribution in [3.05, 3.63) is 33.3 Å². The quantitative estimate of drug-likeness (QED) is 0.828. The van der Waals surface area contributed by atoms with Gasteiger partial charge < -0.3 is 4.90 Å². The van der Waals surface area contributed by atoms with Crippen molar-refractivity contribution < 1.29 is 4.79 Å². The van der Waals surface area contributed by atoms with Crippen LogP contribution in [0.4, 0.5) is 0 Å². The minimum absolute atomic E-state index is 0.00982. The Morgan fingerprint density at radius 2 is 2.17 bits per heavy atom. The molecule has 2 rings (SSSR count). The number of hydrogen-bond donors (Lipinski definition) is 0. The molecule has 0 spiro atoms. The predicted octanol–water partition coefficient (Wildman–Crippen LogP) is 3.81. The molecule has 1 aromatic rings. The van der Waals surface area contributed by atoms with Crippen molar-refractivity contribution >= 4 is 29.1 Å². The van der Waals surface area contributed by atoms with Crippen LogP contribution in [0.2, 0.25) is 10.0 Å². The molecule has 1 aliphatic rings. The molecule has 1 aliphatic heterocycles. The number of rotatable bonds is 2. The summed E-state index contributed by atoms with van der Waals surface area (Å²) in [6.07, 6.45) is 0.781. The Hall–Kier alpha value is -1.24. The van der Waals surface area contributed by atoms with Crippen LogP contribution in [0.5, 0.6) is 0 Å². The monoisotopic (exact) mass is 282 g/mol. The largest absolute Gasteiger partial charge is 0.316 e. The molecule has 2 atom stereocenters. The second-order valence-electron chi connectivity index (χ2n) is 4.35. The number of halogens is 2. The number of hydrogen-bond acceptors (Lipinski definition) is 2. The van der Waals surface area contributed by atoms with E-state index < -0.39 is 6.04 Å². The lowest BCUT2D eigenvalue weighted by Gasteiger charge is -2.26. The van der Waals surface area contributed by atoms with Gasteiger partial charge in [-0.15, -0.1) is 0 Å². The second kappa shape index (κ2) is 4.79. The van der Waals surface area contributed by atoms with E-state index in [1.807, 2.05) is 13.8 Å². The molecule has 0 bridgehead atoms. The molecule has 2 unspecified atom stereocenters. The first-order chi connectivity index (χ1) is 8.51. The number of carbonyl (C=O) groups is 1. The summed E-state index contributed by atoms with van der Waals surface area (Å²) in [5.41, 5.74) is 1.02. The van der Waals surface area contributed by atoms with Gasteiger partial charge in [0.1, 0.15) is 6.04 Å². The van der Waals surface area contributed by atoms with Crippen molar-refractivity contribution in [1.82, 2.24) is 4.90 Å². The molecule has 0 N–H and O–H groups in total. The number of nitriles is 1. The molecule has 5 heteroatoms. The summed E-state index contributed by atoms with van der Waals surface area (Å²) in [6.45, 7) is 3.90. The molecule has 1 heterocycles. The van der Waals surface area contributed by atoms with Crippen molar-refractivity contribution in [1.29, 1.82) is 5.26 Å². The first kappa shape index (κ1) is 13.2. The van der Waals surface area contributed by atoms with Gasteiger partial charge in [0.15, 0.2) is 0 Å².